The van der Waals surface area contributed by atoms with Crippen molar-refractivity contribution in [3.63, 3.8) is 0 Å². The lowest BCUT2D eigenvalue weighted by Gasteiger charge is -2.36. The number of nitrogens with one attached hydrogen (secondary N) is 1. The van der Waals surface area contributed by atoms with Crippen molar-refractivity contribution < 1.29 is 13.8 Å². The molecule has 49 heavy (non-hydrogen) atoms. The largest absolute Gasteiger partial charge is 0.352 e. The summed E-state index contributed by atoms with van der Waals surface area (Å²) < 4.78 is 21.6. The molecule has 11 heteroatoms. The molecule has 0 aliphatic carbocycles. The zero-order chi connectivity index (χ0) is 35.4. The first kappa shape index (κ1) is 37.9. The fourth-order valence-electron chi connectivity index (χ4n) is 5.88. The van der Waals surface area contributed by atoms with Crippen LogP contribution in [0.5, 0.6) is 0 Å². The van der Waals surface area contributed by atoms with E-state index in [9.17, 15) is 9.59 Å². The fourth-order valence-corrected chi connectivity index (χ4v) is 7.51. The highest BCUT2D eigenvalue weighted by molar-refractivity contribution is 7.44. The molecule has 3 aromatic carbocycles. The average molecular weight is 686 g/mol. The van der Waals surface area contributed by atoms with Gasteiger partial charge in [0.25, 0.3) is 14.1 Å². The van der Waals surface area contributed by atoms with Gasteiger partial charge in [-0.2, -0.15) is 5.26 Å². The summed E-state index contributed by atoms with van der Waals surface area (Å²) in [7, 11) is -1.33. The van der Waals surface area contributed by atoms with E-state index in [2.05, 4.69) is 79.8 Å². The van der Waals surface area contributed by atoms with Crippen molar-refractivity contribution in [1.29, 1.82) is 5.26 Å². The maximum Gasteiger partial charge on any atom is 0.330 e. The van der Waals surface area contributed by atoms with E-state index in [-0.39, 0.29) is 23.7 Å². The van der Waals surface area contributed by atoms with Gasteiger partial charge in [-0.05, 0) is 64.2 Å². The molecule has 0 bridgehead atoms. The molecular formula is C38H48N5O5P. The lowest BCUT2D eigenvalue weighted by molar-refractivity contribution is -0.0226. The van der Waals surface area contributed by atoms with Crippen LogP contribution in [0.3, 0.4) is 0 Å². The number of hydrogen-bond acceptors (Lipinski definition) is 8. The van der Waals surface area contributed by atoms with Crippen LogP contribution in [0.2, 0.25) is 0 Å². The summed E-state index contributed by atoms with van der Waals surface area (Å²) in [6.45, 7) is 10.6. The van der Waals surface area contributed by atoms with Crippen LogP contribution in [0.15, 0.2) is 107 Å². The van der Waals surface area contributed by atoms with Crippen molar-refractivity contribution in [2.24, 2.45) is 5.73 Å². The number of aryl methyl sites for hydroxylation is 1. The summed E-state index contributed by atoms with van der Waals surface area (Å²) in [5, 5.41) is 8.79. The fraction of sp³-hybridized carbons (Fsp3) is 0.395. The molecule has 3 N–H and O–H groups in total. The highest BCUT2D eigenvalue weighted by atomic mass is 31.2. The zero-order valence-electron chi connectivity index (χ0n) is 29.0. The van der Waals surface area contributed by atoms with Gasteiger partial charge in [0.2, 0.25) is 0 Å². The van der Waals surface area contributed by atoms with Crippen LogP contribution in [0.1, 0.15) is 75.4 Å². The molecule has 5 rings (SSSR count). The van der Waals surface area contributed by atoms with Crippen LogP contribution in [0.25, 0.3) is 0 Å². The summed E-state index contributed by atoms with van der Waals surface area (Å²) in [6, 6.07) is 33.3. The number of H-pyrrole nitrogens is 1. The van der Waals surface area contributed by atoms with Gasteiger partial charge in [0.1, 0.15) is 6.23 Å². The van der Waals surface area contributed by atoms with Gasteiger partial charge in [-0.25, -0.2) is 9.46 Å². The van der Waals surface area contributed by atoms with Gasteiger partial charge in [0, 0.05) is 23.8 Å². The molecule has 1 fully saturated rings. The topological polar surface area (TPSA) is 136 Å². The standard InChI is InChI=1S/C19H31N4O5P.C19H17N/c1-13(2)23(14(3)4)29(26-10-6-9-20)27-12-16-7-8-17(28-16)22-11-15(5)18(24)21-19(22)25;20-19(16-10-4-1-5-11-16,17-12-6-2-7-13-17)18-14-8-3-9-15-18/h11,13-14,16-17H,6-8,10,12H2,1-5H3,(H,21,24,25);1-15H,20H2/t16-,17+,29?;/m0./s1. The maximum atomic E-state index is 12.1. The van der Waals surface area contributed by atoms with Gasteiger partial charge in [-0.15, -0.1) is 0 Å². The van der Waals surface area contributed by atoms with Crippen LogP contribution in [0, 0.1) is 18.3 Å². The van der Waals surface area contributed by atoms with Gasteiger partial charge in [-0.3, -0.25) is 14.3 Å². The Kier molecular flexibility index (Phi) is 14.0. The third-order valence-corrected chi connectivity index (χ3v) is 10.3. The Labute approximate surface area is 290 Å². The number of benzene rings is 3. The molecule has 0 radical (unpaired) electrons. The number of aromatic amines is 1. The molecule has 1 aliphatic rings. The van der Waals surface area contributed by atoms with Crippen molar-refractivity contribution in [2.45, 2.75) is 83.8 Å². The van der Waals surface area contributed by atoms with Crippen LogP contribution < -0.4 is 17.0 Å². The number of rotatable bonds is 13. The van der Waals surface area contributed by atoms with Crippen LogP contribution in [-0.4, -0.2) is 45.6 Å². The third kappa shape index (κ3) is 9.83. The summed E-state index contributed by atoms with van der Waals surface area (Å²) in [5.41, 5.74) is 9.13. The molecule has 2 heterocycles. The third-order valence-electron chi connectivity index (χ3n) is 8.26. The molecule has 0 amide bonds. The van der Waals surface area contributed by atoms with Crippen molar-refractivity contribution >= 4 is 8.53 Å². The molecule has 0 saturated carbocycles. The van der Waals surface area contributed by atoms with Crippen molar-refractivity contribution in [2.75, 3.05) is 13.2 Å². The van der Waals surface area contributed by atoms with Crippen molar-refractivity contribution in [3.05, 3.63) is 140 Å². The second kappa shape index (κ2) is 18.2. The maximum absolute atomic E-state index is 12.1. The van der Waals surface area contributed by atoms with Gasteiger partial charge in [0.05, 0.1) is 37.3 Å². The van der Waals surface area contributed by atoms with E-state index in [1.165, 1.54) is 10.8 Å². The van der Waals surface area contributed by atoms with Gasteiger partial charge in [0.15, 0.2) is 0 Å². The predicted molar refractivity (Wildman–Crippen MR) is 194 cm³/mol. The average Bonchev–Trinajstić information content (AvgIpc) is 3.58. The molecule has 260 valence electrons. The first-order valence-corrected chi connectivity index (χ1v) is 17.8. The first-order valence-electron chi connectivity index (χ1n) is 16.7. The summed E-state index contributed by atoms with van der Waals surface area (Å²) in [4.78, 5) is 26.0. The van der Waals surface area contributed by atoms with Crippen molar-refractivity contribution in [1.82, 2.24) is 14.2 Å². The summed E-state index contributed by atoms with van der Waals surface area (Å²) in [5.74, 6) is 0. The van der Waals surface area contributed by atoms with E-state index in [4.69, 9.17) is 24.8 Å². The number of aromatic nitrogens is 2. The number of nitrogens with two attached hydrogens (primary N) is 1. The van der Waals surface area contributed by atoms with Gasteiger partial charge >= 0.3 is 5.69 Å². The molecule has 4 aromatic rings. The lowest BCUT2D eigenvalue weighted by Crippen LogP contribution is -2.39. The first-order chi connectivity index (χ1) is 23.6. The Bertz CT molecular complexity index is 1640. The molecule has 3 atom stereocenters. The normalized spacial score (nSPS) is 16.7. The number of ether oxygens (including phenoxy) is 1. The second-order valence-electron chi connectivity index (χ2n) is 12.5. The monoisotopic (exact) mass is 685 g/mol. The smallest absolute Gasteiger partial charge is 0.330 e. The van der Waals surface area contributed by atoms with E-state index in [1.807, 2.05) is 54.6 Å². The Morgan fingerprint density at radius 3 is 1.90 bits per heavy atom. The highest BCUT2D eigenvalue weighted by Gasteiger charge is 2.33. The summed E-state index contributed by atoms with van der Waals surface area (Å²) in [6.07, 6.45) is 2.63. The van der Waals surface area contributed by atoms with E-state index >= 15 is 0 Å². The second-order valence-corrected chi connectivity index (χ2v) is 14.0. The number of nitriles is 1. The lowest BCUT2D eigenvalue weighted by atomic mass is 9.78. The molecular weight excluding hydrogens is 637 g/mol. The zero-order valence-corrected chi connectivity index (χ0v) is 29.9. The molecule has 0 spiro atoms. The Morgan fingerprint density at radius 1 is 0.918 bits per heavy atom. The van der Waals surface area contributed by atoms with Gasteiger partial charge < -0.3 is 19.5 Å². The highest BCUT2D eigenvalue weighted by Crippen LogP contribution is 2.46. The molecule has 1 aliphatic heterocycles. The molecule has 1 aromatic heterocycles. The van der Waals surface area contributed by atoms with E-state index in [0.717, 1.165) is 23.1 Å². The Morgan fingerprint density at radius 2 is 1.43 bits per heavy atom. The van der Waals surface area contributed by atoms with Crippen LogP contribution in [-0.2, 0) is 19.3 Å². The van der Waals surface area contributed by atoms with Crippen LogP contribution in [0.4, 0.5) is 0 Å². The molecule has 10 nitrogen and oxygen atoms in total. The van der Waals surface area contributed by atoms with E-state index in [0.29, 0.717) is 31.6 Å². The summed E-state index contributed by atoms with van der Waals surface area (Å²) >= 11 is 0. The molecule has 1 unspecified atom stereocenters. The van der Waals surface area contributed by atoms with Crippen LogP contribution >= 0.6 is 8.53 Å². The minimum atomic E-state index is -1.33. The van der Waals surface area contributed by atoms with Gasteiger partial charge in [-0.1, -0.05) is 91.0 Å². The SMILES string of the molecule is Cc1cn([C@H]2CC[C@@H](COP(OCCC#N)N(C(C)C)C(C)C)O2)c(=O)[nH]c1=O.NC(c1ccccc1)(c1ccccc1)c1ccccc1. The number of nitrogens with zero attached hydrogens (tertiary/aromatic N) is 3. The van der Waals surface area contributed by atoms with E-state index < -0.39 is 26.0 Å². The predicted octanol–water partition coefficient (Wildman–Crippen LogP) is 6.75. The Hall–Kier alpha value is -3.94. The minimum Gasteiger partial charge on any atom is -0.352 e. The van der Waals surface area contributed by atoms with E-state index in [1.54, 1.807) is 6.92 Å². The minimum absolute atomic E-state index is 0.176. The molecule has 1 saturated heterocycles. The Balaban J connectivity index is 0.000000235. The quantitative estimate of drug-likeness (QED) is 0.0897. The van der Waals surface area contributed by atoms with Crippen molar-refractivity contribution in [3.8, 4) is 6.07 Å². The number of hydrogen-bond donors (Lipinski definition) is 2.